The van der Waals surface area contributed by atoms with Crippen molar-refractivity contribution in [2.45, 2.75) is 38.6 Å². The number of rotatable bonds is 4. The molecular formula is C18H21NO4. The highest BCUT2D eigenvalue weighted by Gasteiger charge is 2.30. The Balaban J connectivity index is 1.60. The molecular weight excluding hydrogens is 294 g/mol. The van der Waals surface area contributed by atoms with Crippen LogP contribution in [0.1, 0.15) is 44.4 Å². The fraction of sp³-hybridized carbons (Fsp3) is 0.444. The summed E-state index contributed by atoms with van der Waals surface area (Å²) in [5, 5.41) is 13.0. The van der Waals surface area contributed by atoms with Crippen LogP contribution in [-0.2, 0) is 9.59 Å². The summed E-state index contributed by atoms with van der Waals surface area (Å²) in [6.45, 7) is 1.90. The van der Waals surface area contributed by atoms with Crippen molar-refractivity contribution in [3.8, 4) is 0 Å². The lowest BCUT2D eigenvalue weighted by Crippen LogP contribution is -2.35. The Morgan fingerprint density at radius 1 is 1.17 bits per heavy atom. The van der Waals surface area contributed by atoms with Gasteiger partial charge in [-0.15, -0.1) is 0 Å². The van der Waals surface area contributed by atoms with Crippen LogP contribution in [0.25, 0.3) is 11.0 Å². The van der Waals surface area contributed by atoms with Gasteiger partial charge in [-0.05, 0) is 44.7 Å². The second kappa shape index (κ2) is 6.44. The standard InChI is InChI=1S/C18H21NO4/c1-11(16-10-14-4-2-3-5-15(14)23-16)19-17(20)12-6-8-13(9-7-12)18(21)22/h2-5,10-13H,6-9H2,1H3,(H,19,20)(H,21,22)/t11-,12?,13?/m0/s1. The quantitative estimate of drug-likeness (QED) is 0.905. The predicted octanol–water partition coefficient (Wildman–Crippen LogP) is 3.50. The lowest BCUT2D eigenvalue weighted by molar-refractivity contribution is -0.144. The lowest BCUT2D eigenvalue weighted by atomic mass is 9.81. The molecule has 0 unspecified atom stereocenters. The minimum atomic E-state index is -0.750. The van der Waals surface area contributed by atoms with Gasteiger partial charge in [-0.25, -0.2) is 0 Å². The van der Waals surface area contributed by atoms with Gasteiger partial charge in [0.1, 0.15) is 11.3 Å². The van der Waals surface area contributed by atoms with Crippen LogP contribution >= 0.6 is 0 Å². The minimum Gasteiger partial charge on any atom is -0.481 e. The molecule has 2 aromatic rings. The van der Waals surface area contributed by atoms with Crippen LogP contribution in [0.5, 0.6) is 0 Å². The number of hydrogen-bond acceptors (Lipinski definition) is 3. The van der Waals surface area contributed by atoms with E-state index >= 15 is 0 Å². The zero-order chi connectivity index (χ0) is 16.4. The third kappa shape index (κ3) is 3.38. The Bertz CT molecular complexity index is 680. The first-order valence-electron chi connectivity index (χ1n) is 8.06. The maximum atomic E-state index is 12.4. The highest BCUT2D eigenvalue weighted by atomic mass is 16.4. The number of carbonyl (C=O) groups is 2. The first-order chi connectivity index (χ1) is 11.0. The van der Waals surface area contributed by atoms with E-state index in [2.05, 4.69) is 5.32 Å². The Hall–Kier alpha value is -2.30. The summed E-state index contributed by atoms with van der Waals surface area (Å²) in [4.78, 5) is 23.3. The molecule has 1 fully saturated rings. The van der Waals surface area contributed by atoms with E-state index in [1.807, 2.05) is 37.3 Å². The van der Waals surface area contributed by atoms with Crippen LogP contribution in [0, 0.1) is 11.8 Å². The van der Waals surface area contributed by atoms with Gasteiger partial charge in [-0.1, -0.05) is 18.2 Å². The third-order valence-electron chi connectivity index (χ3n) is 4.68. The van der Waals surface area contributed by atoms with Gasteiger partial charge < -0.3 is 14.8 Å². The number of fused-ring (bicyclic) bond motifs is 1. The molecule has 1 amide bonds. The molecule has 1 saturated carbocycles. The van der Waals surface area contributed by atoms with E-state index in [1.54, 1.807) is 0 Å². The molecule has 0 aliphatic heterocycles. The van der Waals surface area contributed by atoms with Crippen molar-refractivity contribution in [3.05, 3.63) is 36.1 Å². The van der Waals surface area contributed by atoms with Crippen LogP contribution in [0.2, 0.25) is 0 Å². The molecule has 3 rings (SSSR count). The highest BCUT2D eigenvalue weighted by Crippen LogP contribution is 2.30. The van der Waals surface area contributed by atoms with Gasteiger partial charge >= 0.3 is 5.97 Å². The molecule has 1 aliphatic carbocycles. The summed E-state index contributed by atoms with van der Waals surface area (Å²) < 4.78 is 5.77. The van der Waals surface area contributed by atoms with Crippen molar-refractivity contribution in [1.82, 2.24) is 5.32 Å². The van der Waals surface area contributed by atoms with Crippen LogP contribution in [0.4, 0.5) is 0 Å². The van der Waals surface area contributed by atoms with Gasteiger partial charge in [0.05, 0.1) is 12.0 Å². The van der Waals surface area contributed by atoms with E-state index in [1.165, 1.54) is 0 Å². The maximum Gasteiger partial charge on any atom is 0.306 e. The fourth-order valence-corrected chi connectivity index (χ4v) is 3.22. The van der Waals surface area contributed by atoms with E-state index < -0.39 is 5.97 Å². The second-order valence-corrected chi connectivity index (χ2v) is 6.30. The molecule has 0 bridgehead atoms. The molecule has 1 aromatic heterocycles. The summed E-state index contributed by atoms with van der Waals surface area (Å²) in [5.74, 6) is -0.427. The summed E-state index contributed by atoms with van der Waals surface area (Å²) in [6, 6.07) is 9.49. The van der Waals surface area contributed by atoms with E-state index in [9.17, 15) is 9.59 Å². The van der Waals surface area contributed by atoms with Crippen LogP contribution in [0.3, 0.4) is 0 Å². The van der Waals surface area contributed by atoms with Crippen molar-refractivity contribution in [1.29, 1.82) is 0 Å². The van der Waals surface area contributed by atoms with E-state index in [0.29, 0.717) is 25.7 Å². The van der Waals surface area contributed by atoms with Gasteiger partial charge in [0.15, 0.2) is 0 Å². The molecule has 2 N–H and O–H groups in total. The van der Waals surface area contributed by atoms with Gasteiger partial charge in [-0.3, -0.25) is 9.59 Å². The van der Waals surface area contributed by atoms with Crippen molar-refractivity contribution in [3.63, 3.8) is 0 Å². The van der Waals surface area contributed by atoms with E-state index in [0.717, 1.165) is 16.7 Å². The number of aliphatic carboxylic acids is 1. The molecule has 0 radical (unpaired) electrons. The first kappa shape index (κ1) is 15.6. The Morgan fingerprint density at radius 2 is 1.83 bits per heavy atom. The first-order valence-corrected chi connectivity index (χ1v) is 8.06. The Kier molecular flexibility index (Phi) is 4.37. The van der Waals surface area contributed by atoms with Crippen molar-refractivity contribution >= 4 is 22.8 Å². The summed E-state index contributed by atoms with van der Waals surface area (Å²) in [6.07, 6.45) is 2.42. The van der Waals surface area contributed by atoms with E-state index in [4.69, 9.17) is 9.52 Å². The van der Waals surface area contributed by atoms with Crippen molar-refractivity contribution in [2.75, 3.05) is 0 Å². The molecule has 0 saturated heterocycles. The molecule has 5 nitrogen and oxygen atoms in total. The van der Waals surface area contributed by atoms with Crippen molar-refractivity contribution < 1.29 is 19.1 Å². The van der Waals surface area contributed by atoms with Crippen molar-refractivity contribution in [2.24, 2.45) is 11.8 Å². The maximum absolute atomic E-state index is 12.4. The lowest BCUT2D eigenvalue weighted by Gasteiger charge is -2.26. The molecule has 0 spiro atoms. The number of hydrogen-bond donors (Lipinski definition) is 2. The van der Waals surface area contributed by atoms with Gasteiger partial charge in [-0.2, -0.15) is 0 Å². The number of furan rings is 1. The van der Waals surface area contributed by atoms with Crippen LogP contribution < -0.4 is 5.32 Å². The molecule has 1 atom stereocenters. The Morgan fingerprint density at radius 3 is 2.48 bits per heavy atom. The zero-order valence-corrected chi connectivity index (χ0v) is 13.1. The fourth-order valence-electron chi connectivity index (χ4n) is 3.22. The molecule has 23 heavy (non-hydrogen) atoms. The van der Waals surface area contributed by atoms with Gasteiger partial charge in [0.25, 0.3) is 0 Å². The molecule has 1 heterocycles. The highest BCUT2D eigenvalue weighted by molar-refractivity contribution is 5.81. The average molecular weight is 315 g/mol. The molecule has 122 valence electrons. The number of carbonyl (C=O) groups excluding carboxylic acids is 1. The zero-order valence-electron chi connectivity index (χ0n) is 13.1. The van der Waals surface area contributed by atoms with Crippen LogP contribution in [0.15, 0.2) is 34.7 Å². The third-order valence-corrected chi connectivity index (χ3v) is 4.68. The number of amides is 1. The Labute approximate surface area is 134 Å². The normalized spacial score (nSPS) is 22.7. The largest absolute Gasteiger partial charge is 0.481 e. The number of carboxylic acids is 1. The van der Waals surface area contributed by atoms with E-state index in [-0.39, 0.29) is 23.8 Å². The summed E-state index contributed by atoms with van der Waals surface area (Å²) >= 11 is 0. The average Bonchev–Trinajstić information content (AvgIpc) is 2.99. The van der Waals surface area contributed by atoms with Gasteiger partial charge in [0.2, 0.25) is 5.91 Å². The second-order valence-electron chi connectivity index (χ2n) is 6.30. The SMILES string of the molecule is C[C@H](NC(=O)C1CCC(C(=O)O)CC1)c1cc2ccccc2o1. The molecule has 1 aliphatic rings. The topological polar surface area (TPSA) is 79.5 Å². The molecule has 5 heteroatoms. The molecule has 1 aromatic carbocycles. The minimum absolute atomic E-state index is 0.0122. The van der Waals surface area contributed by atoms with Crippen LogP contribution in [-0.4, -0.2) is 17.0 Å². The number of para-hydroxylation sites is 1. The number of benzene rings is 1. The smallest absolute Gasteiger partial charge is 0.306 e. The number of nitrogens with one attached hydrogen (secondary N) is 1. The monoisotopic (exact) mass is 315 g/mol. The predicted molar refractivity (Wildman–Crippen MR) is 85.9 cm³/mol. The number of carboxylic acid groups (broad SMARTS) is 1. The summed E-state index contributed by atoms with van der Waals surface area (Å²) in [7, 11) is 0. The summed E-state index contributed by atoms with van der Waals surface area (Å²) in [5.41, 5.74) is 0.811. The van der Waals surface area contributed by atoms with Gasteiger partial charge in [0, 0.05) is 11.3 Å².